The summed E-state index contributed by atoms with van der Waals surface area (Å²) in [6, 6.07) is 2.00. The molecular weight excluding hydrogens is 214 g/mol. The molecule has 1 aromatic heterocycles. The fourth-order valence-corrected chi connectivity index (χ4v) is 2.50. The van der Waals surface area contributed by atoms with Crippen LogP contribution in [0.3, 0.4) is 0 Å². The van der Waals surface area contributed by atoms with Crippen LogP contribution in [0.2, 0.25) is 0 Å². The molecule has 0 unspecified atom stereocenters. The summed E-state index contributed by atoms with van der Waals surface area (Å²) < 4.78 is 0. The summed E-state index contributed by atoms with van der Waals surface area (Å²) in [5.41, 5.74) is 0.520. The van der Waals surface area contributed by atoms with Gasteiger partial charge >= 0.3 is 0 Å². The fourth-order valence-electron chi connectivity index (χ4n) is 2.50. The van der Waals surface area contributed by atoms with Crippen molar-refractivity contribution in [3.63, 3.8) is 0 Å². The van der Waals surface area contributed by atoms with Crippen LogP contribution in [0.5, 0.6) is 0 Å². The first-order chi connectivity index (χ1) is 8.13. The van der Waals surface area contributed by atoms with Gasteiger partial charge in [0.1, 0.15) is 12.1 Å². The van der Waals surface area contributed by atoms with E-state index >= 15 is 0 Å². The molecule has 1 aromatic rings. The number of hydrogen-bond donors (Lipinski definition) is 1. The molecule has 0 saturated heterocycles. The molecule has 94 valence electrons. The highest BCUT2D eigenvalue weighted by atomic mass is 16.3. The number of anilines is 1. The molecule has 17 heavy (non-hydrogen) atoms. The Kier molecular flexibility index (Phi) is 3.62. The Morgan fingerprint density at radius 1 is 1.35 bits per heavy atom. The third-order valence-corrected chi connectivity index (χ3v) is 3.53. The van der Waals surface area contributed by atoms with E-state index < -0.39 is 5.60 Å². The topological polar surface area (TPSA) is 49.2 Å². The number of hydrogen-bond acceptors (Lipinski definition) is 4. The zero-order valence-electron chi connectivity index (χ0n) is 10.7. The Labute approximate surface area is 103 Å². The van der Waals surface area contributed by atoms with Crippen molar-refractivity contribution in [2.24, 2.45) is 0 Å². The summed E-state index contributed by atoms with van der Waals surface area (Å²) in [5, 5.41) is 10.4. The molecule has 0 aromatic carbocycles. The highest BCUT2D eigenvalue weighted by Crippen LogP contribution is 2.30. The van der Waals surface area contributed by atoms with E-state index in [0.717, 1.165) is 43.6 Å². The van der Waals surface area contributed by atoms with E-state index in [0.29, 0.717) is 6.54 Å². The molecule has 2 rings (SSSR count). The van der Waals surface area contributed by atoms with Crippen LogP contribution in [0, 0.1) is 0 Å². The molecule has 0 bridgehead atoms. The van der Waals surface area contributed by atoms with Gasteiger partial charge in [0, 0.05) is 25.4 Å². The van der Waals surface area contributed by atoms with E-state index in [2.05, 4.69) is 16.9 Å². The Morgan fingerprint density at radius 3 is 2.71 bits per heavy atom. The van der Waals surface area contributed by atoms with E-state index in [4.69, 9.17) is 0 Å². The largest absolute Gasteiger partial charge is 0.388 e. The van der Waals surface area contributed by atoms with Gasteiger partial charge in [-0.25, -0.2) is 9.97 Å². The lowest BCUT2D eigenvalue weighted by Crippen LogP contribution is -2.39. The molecule has 1 heterocycles. The van der Waals surface area contributed by atoms with Gasteiger partial charge in [-0.05, 0) is 19.3 Å². The Bertz CT molecular complexity index is 375. The maximum Gasteiger partial charge on any atom is 0.132 e. The van der Waals surface area contributed by atoms with E-state index in [9.17, 15) is 5.11 Å². The molecule has 0 atom stereocenters. The quantitative estimate of drug-likeness (QED) is 0.864. The van der Waals surface area contributed by atoms with Crippen molar-refractivity contribution in [2.45, 2.75) is 44.6 Å². The standard InChI is InChI=1S/C13H21N3O/c1-3-11-8-12(15-10-14-11)16(2)9-13(17)6-4-5-7-13/h8,10,17H,3-7,9H2,1-2H3. The number of nitrogens with zero attached hydrogens (tertiary/aromatic N) is 3. The average molecular weight is 235 g/mol. The van der Waals surface area contributed by atoms with Gasteiger partial charge in [-0.1, -0.05) is 19.8 Å². The maximum absolute atomic E-state index is 10.4. The SMILES string of the molecule is CCc1cc(N(C)CC2(O)CCCC2)ncn1. The number of likely N-dealkylation sites (N-methyl/N-ethyl adjacent to an activating group) is 1. The second-order valence-corrected chi connectivity index (χ2v) is 5.01. The molecule has 4 heteroatoms. The third kappa shape index (κ3) is 2.94. The van der Waals surface area contributed by atoms with Gasteiger partial charge in [0.25, 0.3) is 0 Å². The van der Waals surface area contributed by atoms with Gasteiger partial charge in [-0.3, -0.25) is 0 Å². The highest BCUT2D eigenvalue weighted by molar-refractivity contribution is 5.38. The zero-order chi connectivity index (χ0) is 12.3. The van der Waals surface area contributed by atoms with Gasteiger partial charge in [0.05, 0.1) is 5.60 Å². The molecule has 1 N–H and O–H groups in total. The summed E-state index contributed by atoms with van der Waals surface area (Å²) in [5.74, 6) is 0.900. The molecule has 4 nitrogen and oxygen atoms in total. The smallest absolute Gasteiger partial charge is 0.132 e. The molecule has 1 aliphatic carbocycles. The first-order valence-electron chi connectivity index (χ1n) is 6.37. The third-order valence-electron chi connectivity index (χ3n) is 3.53. The normalized spacial score (nSPS) is 18.3. The first-order valence-corrected chi connectivity index (χ1v) is 6.37. The van der Waals surface area contributed by atoms with Crippen LogP contribution in [0.1, 0.15) is 38.3 Å². The molecule has 1 aliphatic rings. The van der Waals surface area contributed by atoms with Gasteiger partial charge in [0.2, 0.25) is 0 Å². The van der Waals surface area contributed by atoms with Gasteiger partial charge in [-0.2, -0.15) is 0 Å². The lowest BCUT2D eigenvalue weighted by Gasteiger charge is -2.29. The summed E-state index contributed by atoms with van der Waals surface area (Å²) in [6.07, 6.45) is 6.59. The highest BCUT2D eigenvalue weighted by Gasteiger charge is 2.32. The lowest BCUT2D eigenvalue weighted by atomic mass is 10.0. The van der Waals surface area contributed by atoms with E-state index in [-0.39, 0.29) is 0 Å². The predicted octanol–water partition coefficient (Wildman–Crippen LogP) is 1.78. The Morgan fingerprint density at radius 2 is 2.06 bits per heavy atom. The number of aryl methyl sites for hydroxylation is 1. The van der Waals surface area contributed by atoms with Crippen LogP contribution >= 0.6 is 0 Å². The van der Waals surface area contributed by atoms with Gasteiger partial charge < -0.3 is 10.0 Å². The van der Waals surface area contributed by atoms with E-state index in [1.165, 1.54) is 0 Å². The number of aliphatic hydroxyl groups is 1. The molecule has 0 amide bonds. The van der Waals surface area contributed by atoms with Crippen LogP contribution in [0.25, 0.3) is 0 Å². The molecule has 1 fully saturated rings. The minimum absolute atomic E-state index is 0.522. The van der Waals surface area contributed by atoms with E-state index in [1.54, 1.807) is 6.33 Å². The Hall–Kier alpha value is -1.16. The summed E-state index contributed by atoms with van der Waals surface area (Å²) >= 11 is 0. The van der Waals surface area contributed by atoms with Crippen LogP contribution < -0.4 is 4.90 Å². The Balaban J connectivity index is 2.05. The van der Waals surface area contributed by atoms with Crippen molar-refractivity contribution < 1.29 is 5.11 Å². The zero-order valence-corrected chi connectivity index (χ0v) is 10.7. The maximum atomic E-state index is 10.4. The summed E-state index contributed by atoms with van der Waals surface area (Å²) in [7, 11) is 1.98. The summed E-state index contributed by atoms with van der Waals surface area (Å²) in [4.78, 5) is 10.5. The average Bonchev–Trinajstić information content (AvgIpc) is 2.76. The van der Waals surface area contributed by atoms with Crippen molar-refractivity contribution in [1.82, 2.24) is 9.97 Å². The lowest BCUT2D eigenvalue weighted by molar-refractivity contribution is 0.0558. The van der Waals surface area contributed by atoms with Crippen LogP contribution in [0.4, 0.5) is 5.82 Å². The molecule has 0 radical (unpaired) electrons. The number of aromatic nitrogens is 2. The van der Waals surface area contributed by atoms with Crippen molar-refractivity contribution in [3.05, 3.63) is 18.1 Å². The molecule has 0 aliphatic heterocycles. The van der Waals surface area contributed by atoms with Crippen LogP contribution in [0.15, 0.2) is 12.4 Å². The van der Waals surface area contributed by atoms with Crippen LogP contribution in [-0.4, -0.2) is 34.3 Å². The second kappa shape index (κ2) is 5.00. The minimum Gasteiger partial charge on any atom is -0.388 e. The van der Waals surface area contributed by atoms with Crippen molar-refractivity contribution in [2.75, 3.05) is 18.5 Å². The van der Waals surface area contributed by atoms with Crippen molar-refractivity contribution in [3.8, 4) is 0 Å². The van der Waals surface area contributed by atoms with Crippen molar-refractivity contribution >= 4 is 5.82 Å². The molecular formula is C13H21N3O. The van der Waals surface area contributed by atoms with Crippen LogP contribution in [-0.2, 0) is 6.42 Å². The summed E-state index contributed by atoms with van der Waals surface area (Å²) in [6.45, 7) is 2.74. The monoisotopic (exact) mass is 235 g/mol. The van der Waals surface area contributed by atoms with E-state index in [1.807, 2.05) is 18.0 Å². The first kappa shape index (κ1) is 12.3. The van der Waals surface area contributed by atoms with Crippen molar-refractivity contribution in [1.29, 1.82) is 0 Å². The molecule has 0 spiro atoms. The predicted molar refractivity (Wildman–Crippen MR) is 68.1 cm³/mol. The fraction of sp³-hybridized carbons (Fsp3) is 0.692. The van der Waals surface area contributed by atoms with Gasteiger partial charge in [-0.15, -0.1) is 0 Å². The minimum atomic E-state index is -0.522. The number of rotatable bonds is 4. The second-order valence-electron chi connectivity index (χ2n) is 5.01. The van der Waals surface area contributed by atoms with Gasteiger partial charge in [0.15, 0.2) is 0 Å². The molecule has 1 saturated carbocycles.